The quantitative estimate of drug-likeness (QED) is 0.773. The number of likely N-dealkylation sites (tertiary alicyclic amines) is 1. The van der Waals surface area contributed by atoms with Crippen LogP contribution >= 0.6 is 11.3 Å². The van der Waals surface area contributed by atoms with E-state index in [0.717, 1.165) is 41.4 Å². The fourth-order valence-electron chi connectivity index (χ4n) is 2.94. The number of nitrogens with zero attached hydrogens (tertiary/aromatic N) is 2. The lowest BCUT2D eigenvalue weighted by Gasteiger charge is -2.32. The van der Waals surface area contributed by atoms with Crippen molar-refractivity contribution in [3.05, 3.63) is 15.6 Å². The Morgan fingerprint density at radius 1 is 1.43 bits per heavy atom. The molecule has 1 aliphatic rings. The standard InChI is InChI=1S/C17H26N2O3S/c1-5-14-18-11(3)16(23-14)12(4)22-17(21)13-8-7-9-19(10-13)15(20)6-2/h12-13H,5-10H2,1-4H3/t12-,13+/m0/s1. The van der Waals surface area contributed by atoms with Crippen LogP contribution in [-0.2, 0) is 20.7 Å². The highest BCUT2D eigenvalue weighted by Gasteiger charge is 2.30. The predicted molar refractivity (Wildman–Crippen MR) is 90.3 cm³/mol. The molecule has 0 aliphatic carbocycles. The Balaban J connectivity index is 1.97. The predicted octanol–water partition coefficient (Wildman–Crippen LogP) is 3.27. The first-order chi connectivity index (χ1) is 11.0. The molecule has 1 fully saturated rings. The minimum Gasteiger partial charge on any atom is -0.457 e. The van der Waals surface area contributed by atoms with Gasteiger partial charge < -0.3 is 9.64 Å². The average Bonchev–Trinajstić information content (AvgIpc) is 2.95. The van der Waals surface area contributed by atoms with Gasteiger partial charge in [-0.1, -0.05) is 13.8 Å². The van der Waals surface area contributed by atoms with Crippen LogP contribution in [0.25, 0.3) is 0 Å². The molecular weight excluding hydrogens is 312 g/mol. The first-order valence-corrected chi connectivity index (χ1v) is 9.22. The van der Waals surface area contributed by atoms with E-state index in [4.69, 9.17) is 4.74 Å². The molecule has 6 heteroatoms. The third kappa shape index (κ3) is 4.31. The summed E-state index contributed by atoms with van der Waals surface area (Å²) in [5.41, 5.74) is 0.943. The summed E-state index contributed by atoms with van der Waals surface area (Å²) in [6, 6.07) is 0. The zero-order chi connectivity index (χ0) is 17.0. The first kappa shape index (κ1) is 17.9. The highest BCUT2D eigenvalue weighted by molar-refractivity contribution is 7.11. The van der Waals surface area contributed by atoms with Crippen molar-refractivity contribution in [2.75, 3.05) is 13.1 Å². The number of hydrogen-bond donors (Lipinski definition) is 0. The molecule has 1 aromatic rings. The van der Waals surface area contributed by atoms with Gasteiger partial charge in [0.1, 0.15) is 6.10 Å². The minimum atomic E-state index is -0.280. The number of thiazole rings is 1. The zero-order valence-electron chi connectivity index (χ0n) is 14.4. The van der Waals surface area contributed by atoms with Crippen molar-refractivity contribution >= 4 is 23.2 Å². The van der Waals surface area contributed by atoms with Gasteiger partial charge in [-0.25, -0.2) is 4.98 Å². The van der Waals surface area contributed by atoms with Gasteiger partial charge in [0, 0.05) is 19.5 Å². The van der Waals surface area contributed by atoms with Crippen LogP contribution in [-0.4, -0.2) is 34.8 Å². The van der Waals surface area contributed by atoms with E-state index < -0.39 is 0 Å². The number of esters is 1. The van der Waals surface area contributed by atoms with Crippen LogP contribution < -0.4 is 0 Å². The van der Waals surface area contributed by atoms with Crippen molar-refractivity contribution < 1.29 is 14.3 Å². The van der Waals surface area contributed by atoms with Gasteiger partial charge in [-0.3, -0.25) is 9.59 Å². The van der Waals surface area contributed by atoms with E-state index in [1.807, 2.05) is 20.8 Å². The molecule has 1 amide bonds. The summed E-state index contributed by atoms with van der Waals surface area (Å²) in [5, 5.41) is 1.07. The lowest BCUT2D eigenvalue weighted by molar-refractivity contribution is -0.156. The highest BCUT2D eigenvalue weighted by atomic mass is 32.1. The van der Waals surface area contributed by atoms with E-state index in [2.05, 4.69) is 11.9 Å². The largest absolute Gasteiger partial charge is 0.457 e. The lowest BCUT2D eigenvalue weighted by Crippen LogP contribution is -2.42. The van der Waals surface area contributed by atoms with Crippen LogP contribution in [0.5, 0.6) is 0 Å². The average molecular weight is 338 g/mol. The SMILES string of the molecule is CCC(=O)N1CCC[C@@H](C(=O)O[C@@H](C)c2sc(CC)nc2C)C1. The Bertz CT molecular complexity index is 570. The number of carbonyl (C=O) groups excluding carboxylic acids is 2. The van der Waals surface area contributed by atoms with Crippen LogP contribution in [0.4, 0.5) is 0 Å². The van der Waals surface area contributed by atoms with Crippen molar-refractivity contribution in [1.82, 2.24) is 9.88 Å². The van der Waals surface area contributed by atoms with Gasteiger partial charge >= 0.3 is 5.97 Å². The molecule has 5 nitrogen and oxygen atoms in total. The number of hydrogen-bond acceptors (Lipinski definition) is 5. The van der Waals surface area contributed by atoms with Gasteiger partial charge in [0.05, 0.1) is 21.5 Å². The Morgan fingerprint density at radius 3 is 2.78 bits per heavy atom. The van der Waals surface area contributed by atoms with Crippen molar-refractivity contribution in [2.24, 2.45) is 5.92 Å². The van der Waals surface area contributed by atoms with Crippen LogP contribution in [0.15, 0.2) is 0 Å². The third-order valence-corrected chi connectivity index (χ3v) is 5.71. The van der Waals surface area contributed by atoms with E-state index in [1.54, 1.807) is 16.2 Å². The van der Waals surface area contributed by atoms with Gasteiger partial charge in [0.25, 0.3) is 0 Å². The molecule has 1 saturated heterocycles. The highest BCUT2D eigenvalue weighted by Crippen LogP contribution is 2.29. The van der Waals surface area contributed by atoms with Crippen LogP contribution in [0.1, 0.15) is 61.7 Å². The molecule has 1 aromatic heterocycles. The number of piperidine rings is 1. The third-order valence-electron chi connectivity index (χ3n) is 4.25. The number of aromatic nitrogens is 1. The molecule has 23 heavy (non-hydrogen) atoms. The molecule has 0 unspecified atom stereocenters. The molecule has 1 aliphatic heterocycles. The molecule has 2 rings (SSSR count). The molecule has 0 bridgehead atoms. The van der Waals surface area contributed by atoms with Gasteiger partial charge in [0.15, 0.2) is 0 Å². The summed E-state index contributed by atoms with van der Waals surface area (Å²) in [6.07, 6.45) is 2.75. The Kier molecular flexibility index (Phi) is 6.16. The molecule has 128 valence electrons. The first-order valence-electron chi connectivity index (χ1n) is 8.40. The minimum absolute atomic E-state index is 0.112. The maximum absolute atomic E-state index is 12.4. The maximum atomic E-state index is 12.4. The van der Waals surface area contributed by atoms with Gasteiger partial charge in [0.2, 0.25) is 5.91 Å². The van der Waals surface area contributed by atoms with Crippen LogP contribution in [0, 0.1) is 12.8 Å². The molecule has 0 radical (unpaired) electrons. The van der Waals surface area contributed by atoms with Gasteiger partial charge in [-0.05, 0) is 33.1 Å². The zero-order valence-corrected chi connectivity index (χ0v) is 15.2. The molecular formula is C17H26N2O3S. The van der Waals surface area contributed by atoms with Crippen molar-refractivity contribution in [3.63, 3.8) is 0 Å². The maximum Gasteiger partial charge on any atom is 0.311 e. The van der Waals surface area contributed by atoms with E-state index >= 15 is 0 Å². The number of rotatable bonds is 5. The van der Waals surface area contributed by atoms with Gasteiger partial charge in [-0.2, -0.15) is 0 Å². The van der Waals surface area contributed by atoms with Crippen LogP contribution in [0.3, 0.4) is 0 Å². The summed E-state index contributed by atoms with van der Waals surface area (Å²) < 4.78 is 5.67. The molecule has 0 saturated carbocycles. The second-order valence-electron chi connectivity index (χ2n) is 6.02. The number of amides is 1. The summed E-state index contributed by atoms with van der Waals surface area (Å²) in [4.78, 5) is 31.6. The van der Waals surface area contributed by atoms with Crippen molar-refractivity contribution in [3.8, 4) is 0 Å². The Hall–Kier alpha value is -1.43. The number of aryl methyl sites for hydroxylation is 2. The lowest BCUT2D eigenvalue weighted by atomic mass is 9.98. The molecule has 2 atom stereocenters. The summed E-state index contributed by atoms with van der Waals surface area (Å²) in [7, 11) is 0. The number of carbonyl (C=O) groups is 2. The van der Waals surface area contributed by atoms with E-state index in [0.29, 0.717) is 13.0 Å². The van der Waals surface area contributed by atoms with E-state index in [-0.39, 0.29) is 23.9 Å². The van der Waals surface area contributed by atoms with Crippen LogP contribution in [0.2, 0.25) is 0 Å². The van der Waals surface area contributed by atoms with E-state index in [9.17, 15) is 9.59 Å². The Morgan fingerprint density at radius 2 is 2.17 bits per heavy atom. The smallest absolute Gasteiger partial charge is 0.311 e. The molecule has 0 N–H and O–H groups in total. The van der Waals surface area contributed by atoms with Crippen molar-refractivity contribution in [1.29, 1.82) is 0 Å². The number of ether oxygens (including phenoxy) is 1. The summed E-state index contributed by atoms with van der Waals surface area (Å²) in [5.74, 6) is -0.293. The molecule has 0 aromatic carbocycles. The molecule has 2 heterocycles. The summed E-state index contributed by atoms with van der Waals surface area (Å²) in [6.45, 7) is 9.01. The van der Waals surface area contributed by atoms with Gasteiger partial charge in [-0.15, -0.1) is 11.3 Å². The van der Waals surface area contributed by atoms with Crippen molar-refractivity contribution in [2.45, 2.75) is 59.5 Å². The normalized spacial score (nSPS) is 19.5. The second-order valence-corrected chi connectivity index (χ2v) is 7.14. The monoisotopic (exact) mass is 338 g/mol. The Labute approximate surface area is 142 Å². The topological polar surface area (TPSA) is 59.5 Å². The molecule has 0 spiro atoms. The van der Waals surface area contributed by atoms with E-state index in [1.165, 1.54) is 0 Å². The fraction of sp³-hybridized carbons (Fsp3) is 0.706. The summed E-state index contributed by atoms with van der Waals surface area (Å²) >= 11 is 1.61. The second kappa shape index (κ2) is 7.90. The fourth-order valence-corrected chi connectivity index (χ4v) is 3.93.